The molecular formula is C11H19NOS. The minimum Gasteiger partial charge on any atom is -0.376 e. The summed E-state index contributed by atoms with van der Waals surface area (Å²) in [5.74, 6) is 3.55. The molecule has 1 N–H and O–H groups in total. The average molecular weight is 213 g/mol. The second kappa shape index (κ2) is 4.03. The standard InChI is InChI=1S/C11H19NOS/c1-2-8(1)11-10(3-5-13-11)12-9-4-6-14-7-9/h8-12H,1-7H2. The molecule has 3 heteroatoms. The van der Waals surface area contributed by atoms with E-state index in [0.717, 1.165) is 18.6 Å². The summed E-state index contributed by atoms with van der Waals surface area (Å²) in [5.41, 5.74) is 0. The Hall–Kier alpha value is 0.270. The SMILES string of the molecule is C1CC(NC2CCSC2)C(C2CC2)O1. The fourth-order valence-electron chi connectivity index (χ4n) is 2.65. The van der Waals surface area contributed by atoms with Crippen LogP contribution in [0.4, 0.5) is 0 Å². The lowest BCUT2D eigenvalue weighted by molar-refractivity contribution is 0.0794. The highest BCUT2D eigenvalue weighted by atomic mass is 32.2. The van der Waals surface area contributed by atoms with Crippen LogP contribution in [-0.4, -0.2) is 36.3 Å². The molecule has 2 nitrogen and oxygen atoms in total. The van der Waals surface area contributed by atoms with Gasteiger partial charge >= 0.3 is 0 Å². The number of nitrogens with one attached hydrogen (secondary N) is 1. The molecule has 1 aliphatic carbocycles. The molecule has 0 amide bonds. The predicted octanol–water partition coefficient (Wildman–Crippen LogP) is 1.65. The van der Waals surface area contributed by atoms with Crippen molar-refractivity contribution in [3.63, 3.8) is 0 Å². The first-order chi connectivity index (χ1) is 6.93. The normalized spacial score (nSPS) is 43.3. The molecule has 0 bridgehead atoms. The van der Waals surface area contributed by atoms with Gasteiger partial charge in [-0.2, -0.15) is 11.8 Å². The molecule has 3 fully saturated rings. The molecule has 3 rings (SSSR count). The molecule has 3 unspecified atom stereocenters. The summed E-state index contributed by atoms with van der Waals surface area (Å²) in [6.07, 6.45) is 5.96. The summed E-state index contributed by atoms with van der Waals surface area (Å²) >= 11 is 2.09. The second-order valence-corrected chi connectivity index (χ2v) is 5.95. The van der Waals surface area contributed by atoms with Crippen LogP contribution in [-0.2, 0) is 4.74 Å². The van der Waals surface area contributed by atoms with E-state index in [2.05, 4.69) is 17.1 Å². The van der Waals surface area contributed by atoms with Gasteiger partial charge in [-0.3, -0.25) is 0 Å². The minimum absolute atomic E-state index is 0.556. The summed E-state index contributed by atoms with van der Waals surface area (Å²) in [7, 11) is 0. The van der Waals surface area contributed by atoms with Gasteiger partial charge in [0.05, 0.1) is 6.10 Å². The second-order valence-electron chi connectivity index (χ2n) is 4.80. The molecule has 14 heavy (non-hydrogen) atoms. The van der Waals surface area contributed by atoms with Crippen molar-refractivity contribution < 1.29 is 4.74 Å². The Labute approximate surface area is 90.2 Å². The van der Waals surface area contributed by atoms with Crippen molar-refractivity contribution in [2.45, 2.75) is 43.9 Å². The monoisotopic (exact) mass is 213 g/mol. The van der Waals surface area contributed by atoms with Crippen molar-refractivity contribution >= 4 is 11.8 Å². The molecule has 0 spiro atoms. The fourth-order valence-corrected chi connectivity index (χ4v) is 3.81. The average Bonchev–Trinajstić information content (AvgIpc) is 2.74. The van der Waals surface area contributed by atoms with Crippen LogP contribution in [0.1, 0.15) is 25.7 Å². The van der Waals surface area contributed by atoms with Crippen LogP contribution in [0.2, 0.25) is 0 Å². The molecule has 80 valence electrons. The van der Waals surface area contributed by atoms with Crippen molar-refractivity contribution in [1.29, 1.82) is 0 Å². The predicted molar refractivity (Wildman–Crippen MR) is 59.7 cm³/mol. The maximum Gasteiger partial charge on any atom is 0.0757 e. The molecule has 0 aromatic carbocycles. The van der Waals surface area contributed by atoms with E-state index in [9.17, 15) is 0 Å². The molecule has 0 aromatic heterocycles. The number of hydrogen-bond donors (Lipinski definition) is 1. The van der Waals surface area contributed by atoms with Crippen molar-refractivity contribution in [3.05, 3.63) is 0 Å². The van der Waals surface area contributed by atoms with Crippen molar-refractivity contribution in [3.8, 4) is 0 Å². The van der Waals surface area contributed by atoms with Crippen LogP contribution < -0.4 is 5.32 Å². The molecule has 1 saturated carbocycles. The molecule has 3 atom stereocenters. The van der Waals surface area contributed by atoms with E-state index in [4.69, 9.17) is 4.74 Å². The number of hydrogen-bond acceptors (Lipinski definition) is 3. The van der Waals surface area contributed by atoms with Gasteiger partial charge in [0.2, 0.25) is 0 Å². The summed E-state index contributed by atoms with van der Waals surface area (Å²) in [4.78, 5) is 0. The third kappa shape index (κ3) is 1.95. The highest BCUT2D eigenvalue weighted by molar-refractivity contribution is 7.99. The Kier molecular flexibility index (Phi) is 2.73. The minimum atomic E-state index is 0.556. The molecule has 2 heterocycles. The van der Waals surface area contributed by atoms with Crippen molar-refractivity contribution in [2.75, 3.05) is 18.1 Å². The maximum atomic E-state index is 5.83. The van der Waals surface area contributed by atoms with Crippen LogP contribution in [0.25, 0.3) is 0 Å². The maximum absolute atomic E-state index is 5.83. The van der Waals surface area contributed by atoms with E-state index in [1.54, 1.807) is 0 Å². The Morgan fingerprint density at radius 2 is 2.07 bits per heavy atom. The highest BCUT2D eigenvalue weighted by Gasteiger charge is 2.41. The van der Waals surface area contributed by atoms with Gasteiger partial charge in [-0.15, -0.1) is 0 Å². The number of ether oxygens (including phenoxy) is 1. The first-order valence-electron chi connectivity index (χ1n) is 5.89. The van der Waals surface area contributed by atoms with E-state index in [-0.39, 0.29) is 0 Å². The lowest BCUT2D eigenvalue weighted by Crippen LogP contribution is -2.43. The first kappa shape index (κ1) is 9.49. The van der Waals surface area contributed by atoms with E-state index in [1.807, 2.05) is 0 Å². The summed E-state index contributed by atoms with van der Waals surface area (Å²) in [6.45, 7) is 0.985. The molecule has 3 aliphatic rings. The third-order valence-electron chi connectivity index (χ3n) is 3.60. The lowest BCUT2D eigenvalue weighted by atomic mass is 10.0. The Morgan fingerprint density at radius 3 is 2.79 bits per heavy atom. The van der Waals surface area contributed by atoms with Crippen LogP contribution in [0.5, 0.6) is 0 Å². The molecule has 0 radical (unpaired) electrons. The van der Waals surface area contributed by atoms with Gasteiger partial charge in [-0.25, -0.2) is 0 Å². The van der Waals surface area contributed by atoms with E-state index >= 15 is 0 Å². The third-order valence-corrected chi connectivity index (χ3v) is 4.76. The number of rotatable bonds is 3. The van der Waals surface area contributed by atoms with Crippen LogP contribution in [0.15, 0.2) is 0 Å². The zero-order chi connectivity index (χ0) is 9.38. The molecule has 2 saturated heterocycles. The summed E-state index contributed by atoms with van der Waals surface area (Å²) < 4.78 is 5.83. The van der Waals surface area contributed by atoms with Crippen LogP contribution in [0, 0.1) is 5.92 Å². The topological polar surface area (TPSA) is 21.3 Å². The first-order valence-corrected chi connectivity index (χ1v) is 7.04. The van der Waals surface area contributed by atoms with Crippen molar-refractivity contribution in [1.82, 2.24) is 5.32 Å². The van der Waals surface area contributed by atoms with Gasteiger partial charge in [0.25, 0.3) is 0 Å². The van der Waals surface area contributed by atoms with E-state index in [1.165, 1.54) is 37.2 Å². The Balaban J connectivity index is 1.54. The van der Waals surface area contributed by atoms with Gasteiger partial charge in [0, 0.05) is 24.4 Å². The smallest absolute Gasteiger partial charge is 0.0757 e. The van der Waals surface area contributed by atoms with Crippen LogP contribution in [0.3, 0.4) is 0 Å². The van der Waals surface area contributed by atoms with Crippen molar-refractivity contribution in [2.24, 2.45) is 5.92 Å². The van der Waals surface area contributed by atoms with Gasteiger partial charge in [-0.05, 0) is 37.4 Å². The van der Waals surface area contributed by atoms with Gasteiger partial charge in [0.1, 0.15) is 0 Å². The number of thioether (sulfide) groups is 1. The Bertz CT molecular complexity index is 201. The van der Waals surface area contributed by atoms with Gasteiger partial charge in [0.15, 0.2) is 0 Å². The molecular weight excluding hydrogens is 194 g/mol. The zero-order valence-electron chi connectivity index (χ0n) is 8.58. The summed E-state index contributed by atoms with van der Waals surface area (Å²) in [6, 6.07) is 1.44. The largest absolute Gasteiger partial charge is 0.376 e. The van der Waals surface area contributed by atoms with Gasteiger partial charge in [-0.1, -0.05) is 0 Å². The molecule has 0 aromatic rings. The summed E-state index contributed by atoms with van der Waals surface area (Å²) in [5, 5.41) is 3.80. The zero-order valence-corrected chi connectivity index (χ0v) is 9.39. The van der Waals surface area contributed by atoms with Crippen LogP contribution >= 0.6 is 11.8 Å². The van der Waals surface area contributed by atoms with E-state index in [0.29, 0.717) is 12.1 Å². The highest BCUT2D eigenvalue weighted by Crippen LogP contribution is 2.39. The lowest BCUT2D eigenvalue weighted by Gasteiger charge is -2.23. The van der Waals surface area contributed by atoms with E-state index < -0.39 is 0 Å². The Morgan fingerprint density at radius 1 is 1.14 bits per heavy atom. The fraction of sp³-hybridized carbons (Fsp3) is 1.00. The quantitative estimate of drug-likeness (QED) is 0.770. The van der Waals surface area contributed by atoms with Gasteiger partial charge < -0.3 is 10.1 Å². The molecule has 2 aliphatic heterocycles.